The number of halogens is 1. The Bertz CT molecular complexity index is 670. The highest BCUT2D eigenvalue weighted by molar-refractivity contribution is 6.02. The summed E-state index contributed by atoms with van der Waals surface area (Å²) in [5.41, 5.74) is 8.98. The van der Waals surface area contributed by atoms with Crippen molar-refractivity contribution < 1.29 is 9.18 Å². The molecule has 1 aliphatic heterocycles. The van der Waals surface area contributed by atoms with Gasteiger partial charge >= 0.3 is 6.03 Å². The highest BCUT2D eigenvalue weighted by atomic mass is 19.1. The van der Waals surface area contributed by atoms with E-state index in [2.05, 4.69) is 5.32 Å². The summed E-state index contributed by atoms with van der Waals surface area (Å²) >= 11 is 0. The summed E-state index contributed by atoms with van der Waals surface area (Å²) in [6, 6.07) is 11.1. The lowest BCUT2D eigenvalue weighted by molar-refractivity contribution is 0.256. The quantitative estimate of drug-likeness (QED) is 0.789. The van der Waals surface area contributed by atoms with Crippen molar-refractivity contribution in [3.05, 3.63) is 53.8 Å². The number of urea groups is 1. The van der Waals surface area contributed by atoms with Crippen LogP contribution in [0.3, 0.4) is 0 Å². The molecule has 3 N–H and O–H groups in total. The SMILES string of the molecule is Nc1ccc2c(c1)N(C(=O)Nc1ccc(F)cc1)CCC2. The number of aryl methyl sites for hydroxylation is 1. The minimum absolute atomic E-state index is 0.229. The number of nitrogens with zero attached hydrogens (tertiary/aromatic N) is 1. The number of nitrogens with one attached hydrogen (secondary N) is 1. The average Bonchev–Trinajstić information content (AvgIpc) is 2.49. The van der Waals surface area contributed by atoms with Crippen LogP contribution in [0.25, 0.3) is 0 Å². The van der Waals surface area contributed by atoms with Gasteiger partial charge in [0.25, 0.3) is 0 Å². The van der Waals surface area contributed by atoms with Gasteiger partial charge in [0.2, 0.25) is 0 Å². The molecular weight excluding hydrogens is 269 g/mol. The third kappa shape index (κ3) is 2.81. The highest BCUT2D eigenvalue weighted by Crippen LogP contribution is 2.29. The molecule has 0 saturated heterocycles. The van der Waals surface area contributed by atoms with Crippen LogP contribution < -0.4 is 16.0 Å². The molecule has 21 heavy (non-hydrogen) atoms. The number of amides is 2. The highest BCUT2D eigenvalue weighted by Gasteiger charge is 2.22. The Morgan fingerprint density at radius 1 is 1.19 bits per heavy atom. The molecule has 1 heterocycles. The molecule has 2 aromatic carbocycles. The van der Waals surface area contributed by atoms with E-state index in [0.717, 1.165) is 24.1 Å². The van der Waals surface area contributed by atoms with E-state index in [1.807, 2.05) is 18.2 Å². The number of rotatable bonds is 1. The lowest BCUT2D eigenvalue weighted by Crippen LogP contribution is -2.38. The van der Waals surface area contributed by atoms with Gasteiger partial charge in [0.15, 0.2) is 0 Å². The van der Waals surface area contributed by atoms with Crippen molar-refractivity contribution in [1.82, 2.24) is 0 Å². The minimum Gasteiger partial charge on any atom is -0.399 e. The van der Waals surface area contributed by atoms with Crippen molar-refractivity contribution in [3.63, 3.8) is 0 Å². The molecular formula is C16H16FN3O. The van der Waals surface area contributed by atoms with Gasteiger partial charge in [0.1, 0.15) is 5.82 Å². The van der Waals surface area contributed by atoms with Crippen LogP contribution in [0.1, 0.15) is 12.0 Å². The Hall–Kier alpha value is -2.56. The third-order valence-electron chi connectivity index (χ3n) is 3.57. The van der Waals surface area contributed by atoms with E-state index in [0.29, 0.717) is 17.9 Å². The number of hydrogen-bond donors (Lipinski definition) is 2. The Kier molecular flexibility index (Phi) is 3.48. The van der Waals surface area contributed by atoms with Crippen LogP contribution in [0.5, 0.6) is 0 Å². The van der Waals surface area contributed by atoms with Crippen molar-refractivity contribution in [2.45, 2.75) is 12.8 Å². The molecule has 0 saturated carbocycles. The molecule has 4 nitrogen and oxygen atoms in total. The zero-order chi connectivity index (χ0) is 14.8. The first-order valence-corrected chi connectivity index (χ1v) is 6.86. The molecule has 0 aromatic heterocycles. The molecule has 0 bridgehead atoms. The molecule has 0 fully saturated rings. The zero-order valence-corrected chi connectivity index (χ0v) is 11.5. The zero-order valence-electron chi connectivity index (χ0n) is 11.5. The van der Waals surface area contributed by atoms with Gasteiger partial charge in [0, 0.05) is 17.9 Å². The van der Waals surface area contributed by atoms with Crippen molar-refractivity contribution in [1.29, 1.82) is 0 Å². The van der Waals surface area contributed by atoms with E-state index in [-0.39, 0.29) is 11.8 Å². The molecule has 0 spiro atoms. The number of hydrogen-bond acceptors (Lipinski definition) is 2. The predicted molar refractivity (Wildman–Crippen MR) is 81.9 cm³/mol. The second-order valence-corrected chi connectivity index (χ2v) is 5.08. The van der Waals surface area contributed by atoms with Gasteiger partial charge in [-0.05, 0) is 54.8 Å². The van der Waals surface area contributed by atoms with E-state index in [9.17, 15) is 9.18 Å². The number of fused-ring (bicyclic) bond motifs is 1. The molecule has 1 aliphatic rings. The van der Waals surface area contributed by atoms with Crippen LogP contribution in [0, 0.1) is 5.82 Å². The third-order valence-corrected chi connectivity index (χ3v) is 3.57. The molecule has 5 heteroatoms. The van der Waals surface area contributed by atoms with Gasteiger partial charge in [-0.25, -0.2) is 9.18 Å². The summed E-state index contributed by atoms with van der Waals surface area (Å²) in [6.07, 6.45) is 1.85. The topological polar surface area (TPSA) is 58.4 Å². The van der Waals surface area contributed by atoms with Crippen LogP contribution in [0.15, 0.2) is 42.5 Å². The monoisotopic (exact) mass is 285 g/mol. The van der Waals surface area contributed by atoms with Crippen molar-refractivity contribution >= 4 is 23.1 Å². The van der Waals surface area contributed by atoms with Crippen molar-refractivity contribution in [3.8, 4) is 0 Å². The number of nitrogen functional groups attached to an aromatic ring is 1. The Morgan fingerprint density at radius 3 is 2.71 bits per heavy atom. The Balaban J connectivity index is 1.83. The fourth-order valence-corrected chi connectivity index (χ4v) is 2.53. The molecule has 0 atom stereocenters. The lowest BCUT2D eigenvalue weighted by atomic mass is 10.0. The lowest BCUT2D eigenvalue weighted by Gasteiger charge is -2.29. The normalized spacial score (nSPS) is 13.7. The maximum Gasteiger partial charge on any atom is 0.326 e. The Labute approximate surface area is 122 Å². The smallest absolute Gasteiger partial charge is 0.326 e. The van der Waals surface area contributed by atoms with Gasteiger partial charge < -0.3 is 11.1 Å². The van der Waals surface area contributed by atoms with Crippen molar-refractivity contribution in [2.75, 3.05) is 22.5 Å². The maximum absolute atomic E-state index is 12.9. The second-order valence-electron chi connectivity index (χ2n) is 5.08. The van der Waals surface area contributed by atoms with E-state index in [1.54, 1.807) is 4.90 Å². The van der Waals surface area contributed by atoms with Crippen LogP contribution >= 0.6 is 0 Å². The van der Waals surface area contributed by atoms with E-state index < -0.39 is 0 Å². The molecule has 108 valence electrons. The number of nitrogens with two attached hydrogens (primary N) is 1. The number of carbonyl (C=O) groups is 1. The molecule has 0 radical (unpaired) electrons. The molecule has 3 rings (SSSR count). The standard InChI is InChI=1S/C16H16FN3O/c17-12-4-7-14(8-5-12)19-16(21)20-9-1-2-11-3-6-13(18)10-15(11)20/h3-8,10H,1-2,9,18H2,(H,19,21). The van der Waals surface area contributed by atoms with Crippen LogP contribution in [0.4, 0.5) is 26.2 Å². The number of carbonyl (C=O) groups excluding carboxylic acids is 1. The van der Waals surface area contributed by atoms with E-state index in [4.69, 9.17) is 5.73 Å². The second kappa shape index (κ2) is 5.44. The molecule has 0 unspecified atom stereocenters. The first-order chi connectivity index (χ1) is 10.1. The summed E-state index contributed by atoms with van der Waals surface area (Å²) in [5.74, 6) is -0.330. The fourth-order valence-electron chi connectivity index (χ4n) is 2.53. The number of anilines is 3. The molecule has 0 aliphatic carbocycles. The van der Waals surface area contributed by atoms with Gasteiger partial charge in [-0.1, -0.05) is 6.07 Å². The van der Waals surface area contributed by atoms with Crippen LogP contribution in [0.2, 0.25) is 0 Å². The van der Waals surface area contributed by atoms with Crippen molar-refractivity contribution in [2.24, 2.45) is 0 Å². The summed E-state index contributed by atoms with van der Waals surface area (Å²) in [6.45, 7) is 0.642. The largest absolute Gasteiger partial charge is 0.399 e. The Morgan fingerprint density at radius 2 is 1.95 bits per heavy atom. The minimum atomic E-state index is -0.330. The van der Waals surface area contributed by atoms with Gasteiger partial charge in [-0.2, -0.15) is 0 Å². The number of benzene rings is 2. The van der Waals surface area contributed by atoms with Gasteiger partial charge in [-0.3, -0.25) is 4.90 Å². The van der Waals surface area contributed by atoms with Gasteiger partial charge in [0.05, 0.1) is 5.69 Å². The van der Waals surface area contributed by atoms with Gasteiger partial charge in [-0.15, -0.1) is 0 Å². The van der Waals surface area contributed by atoms with Crippen LogP contribution in [-0.2, 0) is 6.42 Å². The molecule has 2 aromatic rings. The fraction of sp³-hybridized carbons (Fsp3) is 0.188. The maximum atomic E-state index is 12.9. The predicted octanol–water partition coefficient (Wildman–Crippen LogP) is 3.39. The summed E-state index contributed by atoms with van der Waals surface area (Å²) in [4.78, 5) is 14.1. The summed E-state index contributed by atoms with van der Waals surface area (Å²) < 4.78 is 12.9. The van der Waals surface area contributed by atoms with E-state index >= 15 is 0 Å². The summed E-state index contributed by atoms with van der Waals surface area (Å²) in [7, 11) is 0. The average molecular weight is 285 g/mol. The van der Waals surface area contributed by atoms with Crippen LogP contribution in [-0.4, -0.2) is 12.6 Å². The first-order valence-electron chi connectivity index (χ1n) is 6.86. The summed E-state index contributed by atoms with van der Waals surface area (Å²) in [5, 5.41) is 2.78. The first kappa shape index (κ1) is 13.4. The van der Waals surface area contributed by atoms with E-state index in [1.165, 1.54) is 24.3 Å². The molecule has 2 amide bonds.